The molecule has 0 atom stereocenters. The maximum Gasteiger partial charge on any atom is 0.281 e. The number of nitrogens with two attached hydrogens (primary N) is 1. The molecular weight excluding hydrogens is 282 g/mol. The first-order valence-electron chi connectivity index (χ1n) is 6.60. The molecule has 0 fully saturated rings. The first kappa shape index (κ1) is 20.7. The molecule has 114 valence electrons. The Balaban J connectivity index is 0. The van der Waals surface area contributed by atoms with Crippen LogP contribution in [0.3, 0.4) is 0 Å². The van der Waals surface area contributed by atoms with Gasteiger partial charge in [-0.25, -0.2) is 0 Å². The fraction of sp³-hybridized carbons (Fsp3) is 0.833. The fourth-order valence-corrected chi connectivity index (χ4v) is 1.63. The van der Waals surface area contributed by atoms with Crippen LogP contribution in [0.4, 0.5) is 0 Å². The quantitative estimate of drug-likeness (QED) is 0.596. The number of nitrogens with zero attached hydrogens (tertiary/aromatic N) is 2. The van der Waals surface area contributed by atoms with Crippen LogP contribution in [0.25, 0.3) is 0 Å². The van der Waals surface area contributed by atoms with Crippen molar-refractivity contribution in [3.63, 3.8) is 0 Å². The molecule has 0 rings (SSSR count). The van der Waals surface area contributed by atoms with Crippen LogP contribution in [0.5, 0.6) is 0 Å². The average molecular weight is 310 g/mol. The van der Waals surface area contributed by atoms with E-state index in [-0.39, 0.29) is 5.17 Å². The first-order valence-corrected chi connectivity index (χ1v) is 7.42. The number of hydrogen-bond acceptors (Lipinski definition) is 5. The molecule has 0 aromatic heterocycles. The lowest BCUT2D eigenvalue weighted by molar-refractivity contribution is -0.0730. The second-order valence-electron chi connectivity index (χ2n) is 3.40. The second kappa shape index (κ2) is 13.8. The van der Waals surface area contributed by atoms with Gasteiger partial charge in [0.2, 0.25) is 0 Å². The minimum atomic E-state index is 0.123. The molecule has 0 unspecified atom stereocenters. The van der Waals surface area contributed by atoms with Gasteiger partial charge in [0.1, 0.15) is 0 Å². The molecule has 0 saturated heterocycles. The summed E-state index contributed by atoms with van der Waals surface area (Å²) in [6, 6.07) is 0. The number of thiocarbonyl (C=S) groups is 2. The number of rotatable bonds is 6. The van der Waals surface area contributed by atoms with Crippen LogP contribution in [0, 0.1) is 0 Å². The maximum atomic E-state index is 5.48. The summed E-state index contributed by atoms with van der Waals surface area (Å²) in [6.45, 7) is 14.2. The van der Waals surface area contributed by atoms with Gasteiger partial charge in [-0.1, -0.05) is 0 Å². The van der Waals surface area contributed by atoms with Crippen molar-refractivity contribution in [2.75, 3.05) is 32.8 Å². The Kier molecular flexibility index (Phi) is 15.0. The van der Waals surface area contributed by atoms with Crippen molar-refractivity contribution in [3.8, 4) is 0 Å². The monoisotopic (exact) mass is 309 g/mol. The van der Waals surface area contributed by atoms with E-state index < -0.39 is 0 Å². The van der Waals surface area contributed by atoms with Gasteiger partial charge in [-0.3, -0.25) is 0 Å². The fourth-order valence-electron chi connectivity index (χ4n) is 1.14. The lowest BCUT2D eigenvalue weighted by Crippen LogP contribution is -2.37. The molecule has 0 aliphatic rings. The summed E-state index contributed by atoms with van der Waals surface area (Å²) < 4.78 is 4.55. The first-order chi connectivity index (χ1) is 8.96. The molecule has 0 aliphatic heterocycles. The highest BCUT2D eigenvalue weighted by Gasteiger charge is 2.09. The van der Waals surface area contributed by atoms with Crippen molar-refractivity contribution >= 4 is 34.8 Å². The summed E-state index contributed by atoms with van der Waals surface area (Å²) in [7, 11) is 0. The minimum absolute atomic E-state index is 0.123. The highest BCUT2D eigenvalue weighted by Crippen LogP contribution is 1.98. The average Bonchev–Trinajstić information content (AvgIpc) is 2.38. The normalized spacial score (nSPS) is 9.37. The largest absolute Gasteiger partial charge is 0.472 e. The molecule has 7 heteroatoms. The van der Waals surface area contributed by atoms with Crippen LogP contribution in [0.2, 0.25) is 0 Å². The van der Waals surface area contributed by atoms with E-state index in [0.717, 1.165) is 26.2 Å². The van der Waals surface area contributed by atoms with Crippen molar-refractivity contribution in [1.82, 2.24) is 9.96 Å². The van der Waals surface area contributed by atoms with E-state index in [1.807, 2.05) is 30.7 Å². The molecule has 0 aliphatic carbocycles. The molecule has 2 N–H and O–H groups in total. The molecule has 0 aromatic rings. The Morgan fingerprint density at radius 1 is 0.947 bits per heavy atom. The van der Waals surface area contributed by atoms with Crippen molar-refractivity contribution in [3.05, 3.63) is 0 Å². The summed E-state index contributed by atoms with van der Waals surface area (Å²) in [4.78, 5) is 7.50. The molecule has 5 nitrogen and oxygen atoms in total. The smallest absolute Gasteiger partial charge is 0.281 e. The van der Waals surface area contributed by atoms with Gasteiger partial charge >= 0.3 is 0 Å². The predicted molar refractivity (Wildman–Crippen MR) is 87.9 cm³/mol. The highest BCUT2D eigenvalue weighted by molar-refractivity contribution is 7.80. The zero-order valence-corrected chi connectivity index (χ0v) is 14.3. The molecule has 0 saturated carbocycles. The van der Waals surface area contributed by atoms with Gasteiger partial charge in [0.15, 0.2) is 0 Å². The molecule has 0 spiro atoms. The van der Waals surface area contributed by atoms with Crippen molar-refractivity contribution < 1.29 is 9.57 Å². The third kappa shape index (κ3) is 12.1. The maximum absolute atomic E-state index is 5.48. The number of hydrogen-bond donors (Lipinski definition) is 1. The van der Waals surface area contributed by atoms with Gasteiger partial charge in [-0.15, -0.1) is 5.06 Å². The topological polar surface area (TPSA) is 51.0 Å². The van der Waals surface area contributed by atoms with E-state index in [2.05, 4.69) is 30.8 Å². The SMILES string of the molecule is CCN(CC)OC(=S)N(CC)CC.CCOC(N)=S. The second-order valence-corrected chi connectivity index (χ2v) is 4.15. The Morgan fingerprint density at radius 2 is 1.42 bits per heavy atom. The van der Waals surface area contributed by atoms with E-state index in [4.69, 9.17) is 22.8 Å². The van der Waals surface area contributed by atoms with Crippen molar-refractivity contribution in [2.45, 2.75) is 34.6 Å². The molecule has 0 radical (unpaired) electrons. The Bertz CT molecular complexity index is 245. The number of hydroxylamine groups is 2. The molecule has 0 aromatic carbocycles. The Hall–Kier alpha value is -0.660. The Labute approximate surface area is 128 Å². The molecular formula is C12H27N3O2S2. The van der Waals surface area contributed by atoms with Crippen LogP contribution in [-0.4, -0.2) is 53.1 Å². The summed E-state index contributed by atoms with van der Waals surface area (Å²) in [5.41, 5.74) is 4.91. The number of ether oxygens (including phenoxy) is 1. The third-order valence-electron chi connectivity index (χ3n) is 2.22. The van der Waals surface area contributed by atoms with Crippen LogP contribution < -0.4 is 5.73 Å². The highest BCUT2D eigenvalue weighted by atomic mass is 32.1. The van der Waals surface area contributed by atoms with E-state index in [9.17, 15) is 0 Å². The van der Waals surface area contributed by atoms with Gasteiger partial charge in [-0.05, 0) is 59.1 Å². The predicted octanol–water partition coefficient (Wildman–Crippen LogP) is 2.15. The van der Waals surface area contributed by atoms with Crippen LogP contribution >= 0.6 is 24.4 Å². The lowest BCUT2D eigenvalue weighted by Gasteiger charge is -2.26. The summed E-state index contributed by atoms with van der Waals surface area (Å²) in [6.07, 6.45) is 0. The lowest BCUT2D eigenvalue weighted by atomic mass is 10.6. The summed E-state index contributed by atoms with van der Waals surface area (Å²) in [5.74, 6) is 0. The van der Waals surface area contributed by atoms with Crippen molar-refractivity contribution in [2.24, 2.45) is 5.73 Å². The van der Waals surface area contributed by atoms with E-state index in [1.54, 1.807) is 0 Å². The van der Waals surface area contributed by atoms with E-state index >= 15 is 0 Å². The van der Waals surface area contributed by atoms with Crippen LogP contribution in [-0.2, 0) is 9.57 Å². The summed E-state index contributed by atoms with van der Waals surface area (Å²) in [5, 5.41) is 2.55. The molecule has 0 bridgehead atoms. The van der Waals surface area contributed by atoms with Crippen LogP contribution in [0.15, 0.2) is 0 Å². The van der Waals surface area contributed by atoms with Gasteiger partial charge < -0.3 is 20.2 Å². The van der Waals surface area contributed by atoms with E-state index in [0.29, 0.717) is 11.8 Å². The van der Waals surface area contributed by atoms with Gasteiger partial charge in [0.05, 0.1) is 6.61 Å². The van der Waals surface area contributed by atoms with Crippen LogP contribution in [0.1, 0.15) is 34.6 Å². The van der Waals surface area contributed by atoms with Gasteiger partial charge in [0.25, 0.3) is 10.3 Å². The minimum Gasteiger partial charge on any atom is -0.472 e. The standard InChI is InChI=1S/C9H20N2OS.C3H7NOS/c1-5-10(6-2)9(13)12-11(7-3)8-4;1-2-5-3(4)6/h5-8H2,1-4H3;2H2,1H3,(H2,4,6). The zero-order valence-electron chi connectivity index (χ0n) is 12.6. The summed E-state index contributed by atoms with van der Waals surface area (Å²) >= 11 is 9.49. The Morgan fingerprint density at radius 3 is 1.63 bits per heavy atom. The molecule has 0 heterocycles. The van der Waals surface area contributed by atoms with Crippen molar-refractivity contribution in [1.29, 1.82) is 0 Å². The molecule has 0 amide bonds. The zero-order chi connectivity index (χ0) is 15.3. The van der Waals surface area contributed by atoms with Gasteiger partial charge in [0, 0.05) is 26.2 Å². The molecule has 19 heavy (non-hydrogen) atoms. The van der Waals surface area contributed by atoms with Gasteiger partial charge in [-0.2, -0.15) is 0 Å². The third-order valence-corrected chi connectivity index (χ3v) is 2.67. The van der Waals surface area contributed by atoms with E-state index in [1.165, 1.54) is 0 Å².